The van der Waals surface area contributed by atoms with E-state index in [-0.39, 0.29) is 18.2 Å². The van der Waals surface area contributed by atoms with Crippen LogP contribution in [0.4, 0.5) is 0 Å². The van der Waals surface area contributed by atoms with Crippen LogP contribution in [0.5, 0.6) is 0 Å². The van der Waals surface area contributed by atoms with E-state index < -0.39 is 6.10 Å². The van der Waals surface area contributed by atoms with Crippen molar-refractivity contribution in [3.8, 4) is 5.69 Å². The van der Waals surface area contributed by atoms with Crippen LogP contribution in [0.25, 0.3) is 5.69 Å². The molecule has 0 saturated carbocycles. The van der Waals surface area contributed by atoms with E-state index in [1.807, 2.05) is 48.9 Å². The van der Waals surface area contributed by atoms with Crippen LogP contribution in [0.2, 0.25) is 0 Å². The molecule has 0 fully saturated rings. The fraction of sp³-hybridized carbons (Fsp3) is 0.500. The van der Waals surface area contributed by atoms with Crippen molar-refractivity contribution in [2.45, 2.75) is 53.1 Å². The first kappa shape index (κ1) is 19.2. The van der Waals surface area contributed by atoms with Crippen molar-refractivity contribution in [2.75, 3.05) is 6.54 Å². The van der Waals surface area contributed by atoms with Crippen LogP contribution in [0.15, 0.2) is 30.3 Å². The molecule has 5 heteroatoms. The van der Waals surface area contributed by atoms with Gasteiger partial charge in [-0.25, -0.2) is 4.68 Å². The number of hydrogen-bond donors (Lipinski definition) is 2. The van der Waals surface area contributed by atoms with Gasteiger partial charge in [0.25, 0.3) is 0 Å². The average molecular weight is 343 g/mol. The summed E-state index contributed by atoms with van der Waals surface area (Å²) in [6, 6.07) is 9.90. The van der Waals surface area contributed by atoms with Gasteiger partial charge < -0.3 is 10.4 Å². The lowest BCUT2D eigenvalue weighted by molar-refractivity contribution is -0.121. The molecule has 0 bridgehead atoms. The van der Waals surface area contributed by atoms with E-state index in [0.29, 0.717) is 6.54 Å². The third kappa shape index (κ3) is 4.69. The van der Waals surface area contributed by atoms with Crippen LogP contribution in [0, 0.1) is 19.8 Å². The first-order valence-electron chi connectivity index (χ1n) is 9.03. The second-order valence-corrected chi connectivity index (χ2v) is 6.52. The van der Waals surface area contributed by atoms with E-state index in [9.17, 15) is 9.90 Å². The SMILES string of the molecule is CCC(CC)C(O)CNC(=O)Cc1c(C)nn(-c2ccccc2)c1C. The number of aliphatic hydroxyl groups excluding tert-OH is 1. The smallest absolute Gasteiger partial charge is 0.224 e. The fourth-order valence-electron chi connectivity index (χ4n) is 3.19. The van der Waals surface area contributed by atoms with E-state index >= 15 is 0 Å². The average Bonchev–Trinajstić information content (AvgIpc) is 2.90. The van der Waals surface area contributed by atoms with Crippen LogP contribution < -0.4 is 5.32 Å². The van der Waals surface area contributed by atoms with Gasteiger partial charge in [0.1, 0.15) is 0 Å². The lowest BCUT2D eigenvalue weighted by atomic mass is 9.96. The molecule has 0 aliphatic rings. The highest BCUT2D eigenvalue weighted by Crippen LogP contribution is 2.18. The van der Waals surface area contributed by atoms with Crippen molar-refractivity contribution in [1.29, 1.82) is 0 Å². The molecule has 136 valence electrons. The first-order valence-corrected chi connectivity index (χ1v) is 9.03. The van der Waals surface area contributed by atoms with Crippen LogP contribution in [0.1, 0.15) is 43.6 Å². The maximum absolute atomic E-state index is 12.3. The number of aromatic nitrogens is 2. The molecule has 1 aromatic carbocycles. The summed E-state index contributed by atoms with van der Waals surface area (Å²) in [5.41, 5.74) is 3.76. The molecule has 5 nitrogen and oxygen atoms in total. The molecule has 1 atom stereocenters. The highest BCUT2D eigenvalue weighted by molar-refractivity contribution is 5.79. The van der Waals surface area contributed by atoms with E-state index in [1.54, 1.807) is 0 Å². The Morgan fingerprint density at radius 3 is 2.44 bits per heavy atom. The molecule has 1 unspecified atom stereocenters. The molecule has 1 amide bonds. The van der Waals surface area contributed by atoms with Crippen molar-refractivity contribution in [1.82, 2.24) is 15.1 Å². The number of hydrogen-bond acceptors (Lipinski definition) is 3. The third-order valence-electron chi connectivity index (χ3n) is 4.88. The maximum atomic E-state index is 12.3. The summed E-state index contributed by atoms with van der Waals surface area (Å²) in [7, 11) is 0. The third-order valence-corrected chi connectivity index (χ3v) is 4.88. The summed E-state index contributed by atoms with van der Waals surface area (Å²) in [4.78, 5) is 12.3. The van der Waals surface area contributed by atoms with Gasteiger partial charge in [0.05, 0.1) is 23.9 Å². The number of benzene rings is 1. The van der Waals surface area contributed by atoms with Gasteiger partial charge in [-0.3, -0.25) is 4.79 Å². The minimum absolute atomic E-state index is 0.0798. The zero-order valence-electron chi connectivity index (χ0n) is 15.6. The zero-order valence-corrected chi connectivity index (χ0v) is 15.6. The van der Waals surface area contributed by atoms with Gasteiger partial charge in [0.2, 0.25) is 5.91 Å². The number of carbonyl (C=O) groups excluding carboxylic acids is 1. The summed E-state index contributed by atoms with van der Waals surface area (Å²) in [5.74, 6) is 0.147. The molecular formula is C20H29N3O2. The topological polar surface area (TPSA) is 67.2 Å². The normalized spacial score (nSPS) is 12.4. The monoisotopic (exact) mass is 343 g/mol. The Morgan fingerprint density at radius 2 is 1.84 bits per heavy atom. The summed E-state index contributed by atoms with van der Waals surface area (Å²) in [6.07, 6.45) is 1.61. The van der Waals surface area contributed by atoms with E-state index in [2.05, 4.69) is 24.3 Å². The number of nitrogens with zero attached hydrogens (tertiary/aromatic N) is 2. The highest BCUT2D eigenvalue weighted by atomic mass is 16.3. The Morgan fingerprint density at radius 1 is 1.20 bits per heavy atom. The number of aryl methyl sites for hydroxylation is 1. The number of amides is 1. The number of aliphatic hydroxyl groups is 1. The molecule has 0 spiro atoms. The molecular weight excluding hydrogens is 314 g/mol. The molecule has 25 heavy (non-hydrogen) atoms. The molecule has 1 aromatic heterocycles. The molecule has 2 N–H and O–H groups in total. The van der Waals surface area contributed by atoms with Crippen molar-refractivity contribution >= 4 is 5.91 Å². The van der Waals surface area contributed by atoms with E-state index in [0.717, 1.165) is 35.5 Å². The summed E-state index contributed by atoms with van der Waals surface area (Å²) in [5, 5.41) is 17.6. The summed E-state index contributed by atoms with van der Waals surface area (Å²) in [6.45, 7) is 8.33. The Labute approximate surface area is 150 Å². The van der Waals surface area contributed by atoms with Crippen molar-refractivity contribution < 1.29 is 9.90 Å². The lowest BCUT2D eigenvalue weighted by Crippen LogP contribution is -2.36. The number of nitrogens with one attached hydrogen (secondary N) is 1. The van der Waals surface area contributed by atoms with Crippen molar-refractivity contribution in [3.05, 3.63) is 47.3 Å². The van der Waals surface area contributed by atoms with Gasteiger partial charge in [0.15, 0.2) is 0 Å². The Kier molecular flexibility index (Phi) is 6.76. The Bertz CT molecular complexity index is 690. The second-order valence-electron chi connectivity index (χ2n) is 6.52. The van der Waals surface area contributed by atoms with Crippen LogP contribution in [0.3, 0.4) is 0 Å². The first-order chi connectivity index (χ1) is 12.0. The number of para-hydroxylation sites is 1. The maximum Gasteiger partial charge on any atom is 0.224 e. The minimum Gasteiger partial charge on any atom is -0.391 e. The summed E-state index contributed by atoms with van der Waals surface area (Å²) < 4.78 is 1.87. The van der Waals surface area contributed by atoms with Gasteiger partial charge in [-0.15, -0.1) is 0 Å². The van der Waals surface area contributed by atoms with Crippen LogP contribution >= 0.6 is 0 Å². The molecule has 1 heterocycles. The predicted molar refractivity (Wildman–Crippen MR) is 99.8 cm³/mol. The number of rotatable bonds is 8. The fourth-order valence-corrected chi connectivity index (χ4v) is 3.19. The molecule has 2 aromatic rings. The molecule has 2 rings (SSSR count). The van der Waals surface area contributed by atoms with Crippen molar-refractivity contribution in [2.24, 2.45) is 5.92 Å². The second kappa shape index (κ2) is 8.81. The van der Waals surface area contributed by atoms with E-state index in [1.165, 1.54) is 0 Å². The molecule has 0 aliphatic carbocycles. The van der Waals surface area contributed by atoms with Crippen LogP contribution in [-0.4, -0.2) is 33.4 Å². The van der Waals surface area contributed by atoms with Crippen LogP contribution in [-0.2, 0) is 11.2 Å². The Balaban J connectivity index is 2.03. The zero-order chi connectivity index (χ0) is 18.4. The quantitative estimate of drug-likeness (QED) is 0.774. The minimum atomic E-state index is -0.492. The largest absolute Gasteiger partial charge is 0.391 e. The Hall–Kier alpha value is -2.14. The standard InChI is InChI=1S/C20H29N3O2/c1-5-16(6-2)19(24)13-21-20(25)12-18-14(3)22-23(15(18)4)17-10-8-7-9-11-17/h7-11,16,19,24H,5-6,12-13H2,1-4H3,(H,21,25). The number of carbonyl (C=O) groups is 1. The predicted octanol–water partition coefficient (Wildman–Crippen LogP) is 2.94. The van der Waals surface area contributed by atoms with Crippen molar-refractivity contribution in [3.63, 3.8) is 0 Å². The molecule has 0 radical (unpaired) electrons. The van der Waals surface area contributed by atoms with Gasteiger partial charge >= 0.3 is 0 Å². The van der Waals surface area contributed by atoms with E-state index in [4.69, 9.17) is 0 Å². The van der Waals surface area contributed by atoms with Gasteiger partial charge in [-0.2, -0.15) is 5.10 Å². The van der Waals surface area contributed by atoms with Gasteiger partial charge in [-0.05, 0) is 31.9 Å². The van der Waals surface area contributed by atoms with Gasteiger partial charge in [0, 0.05) is 17.8 Å². The lowest BCUT2D eigenvalue weighted by Gasteiger charge is -2.20. The summed E-state index contributed by atoms with van der Waals surface area (Å²) >= 11 is 0. The van der Waals surface area contributed by atoms with Gasteiger partial charge in [-0.1, -0.05) is 44.9 Å². The highest BCUT2D eigenvalue weighted by Gasteiger charge is 2.19. The molecule has 0 aliphatic heterocycles. The molecule has 0 saturated heterocycles.